The summed E-state index contributed by atoms with van der Waals surface area (Å²) in [6.45, 7) is 5.79. The first-order valence-electron chi connectivity index (χ1n) is 10.1. The SMILES string of the molecule is CC(=O)c1ccc2c(c1)N(C(C)C(=O)Nc1ccc(N3CCOCC3)nc1)C(=O)CO2. The fourth-order valence-corrected chi connectivity index (χ4v) is 3.62. The van der Waals surface area contributed by atoms with Gasteiger partial charge in [-0.25, -0.2) is 4.98 Å². The number of pyridine rings is 1. The van der Waals surface area contributed by atoms with Gasteiger partial charge in [0.25, 0.3) is 5.91 Å². The van der Waals surface area contributed by atoms with Crippen molar-refractivity contribution in [3.63, 3.8) is 0 Å². The predicted molar refractivity (Wildman–Crippen MR) is 115 cm³/mol. The Balaban J connectivity index is 1.50. The first-order chi connectivity index (χ1) is 14.9. The quantitative estimate of drug-likeness (QED) is 0.731. The highest BCUT2D eigenvalue weighted by molar-refractivity contribution is 6.07. The number of fused-ring (bicyclic) bond motifs is 1. The number of nitrogens with zero attached hydrogens (tertiary/aromatic N) is 3. The second kappa shape index (κ2) is 8.73. The molecule has 1 saturated heterocycles. The number of anilines is 3. The highest BCUT2D eigenvalue weighted by Crippen LogP contribution is 2.34. The largest absolute Gasteiger partial charge is 0.482 e. The molecule has 1 fully saturated rings. The number of benzene rings is 1. The summed E-state index contributed by atoms with van der Waals surface area (Å²) in [5.41, 5.74) is 1.39. The molecule has 0 spiro atoms. The van der Waals surface area contributed by atoms with Crippen LogP contribution < -0.4 is 19.9 Å². The van der Waals surface area contributed by atoms with E-state index in [0.717, 1.165) is 18.9 Å². The number of ether oxygens (including phenoxy) is 2. The molecule has 2 amide bonds. The highest BCUT2D eigenvalue weighted by Gasteiger charge is 2.33. The van der Waals surface area contributed by atoms with Crippen LogP contribution >= 0.6 is 0 Å². The van der Waals surface area contributed by atoms with E-state index in [2.05, 4.69) is 15.2 Å². The van der Waals surface area contributed by atoms with Crippen molar-refractivity contribution in [3.05, 3.63) is 42.1 Å². The Morgan fingerprint density at radius 3 is 2.61 bits per heavy atom. The van der Waals surface area contributed by atoms with Crippen LogP contribution in [0.2, 0.25) is 0 Å². The third kappa shape index (κ3) is 4.36. The molecule has 1 N–H and O–H groups in total. The van der Waals surface area contributed by atoms with E-state index >= 15 is 0 Å². The van der Waals surface area contributed by atoms with Gasteiger partial charge in [0, 0.05) is 18.7 Å². The summed E-state index contributed by atoms with van der Waals surface area (Å²) in [5.74, 6) is 0.431. The Hall–Kier alpha value is -3.46. The molecule has 9 heteroatoms. The first-order valence-corrected chi connectivity index (χ1v) is 10.1. The summed E-state index contributed by atoms with van der Waals surface area (Å²) in [6, 6.07) is 7.69. The molecule has 9 nitrogen and oxygen atoms in total. The Kier molecular flexibility index (Phi) is 5.85. The molecular formula is C22H24N4O5. The van der Waals surface area contributed by atoms with Gasteiger partial charge in [-0.05, 0) is 44.2 Å². The highest BCUT2D eigenvalue weighted by atomic mass is 16.5. The van der Waals surface area contributed by atoms with Crippen molar-refractivity contribution in [2.24, 2.45) is 0 Å². The van der Waals surface area contributed by atoms with Gasteiger partial charge in [-0.3, -0.25) is 19.3 Å². The molecule has 2 aromatic rings. The van der Waals surface area contributed by atoms with Gasteiger partial charge in [-0.15, -0.1) is 0 Å². The number of carbonyl (C=O) groups is 3. The van der Waals surface area contributed by atoms with E-state index in [1.165, 1.54) is 11.8 Å². The van der Waals surface area contributed by atoms with Crippen LogP contribution in [0.1, 0.15) is 24.2 Å². The van der Waals surface area contributed by atoms with Gasteiger partial charge in [0.1, 0.15) is 17.6 Å². The van der Waals surface area contributed by atoms with E-state index in [1.807, 2.05) is 6.07 Å². The topological polar surface area (TPSA) is 101 Å². The number of hydrogen-bond acceptors (Lipinski definition) is 7. The molecule has 2 aliphatic rings. The molecule has 31 heavy (non-hydrogen) atoms. The van der Waals surface area contributed by atoms with Crippen molar-refractivity contribution in [2.75, 3.05) is 48.0 Å². The van der Waals surface area contributed by atoms with Crippen molar-refractivity contribution in [3.8, 4) is 5.75 Å². The molecule has 1 atom stereocenters. The number of rotatable bonds is 5. The van der Waals surface area contributed by atoms with Crippen molar-refractivity contribution in [1.29, 1.82) is 0 Å². The first kappa shape index (κ1) is 20.8. The van der Waals surface area contributed by atoms with E-state index in [1.54, 1.807) is 37.4 Å². The maximum absolute atomic E-state index is 12.9. The van der Waals surface area contributed by atoms with Gasteiger partial charge >= 0.3 is 0 Å². The van der Waals surface area contributed by atoms with Gasteiger partial charge in [0.05, 0.1) is 30.8 Å². The molecule has 2 aliphatic heterocycles. The molecule has 162 valence electrons. The summed E-state index contributed by atoms with van der Waals surface area (Å²) in [4.78, 5) is 45.2. The van der Waals surface area contributed by atoms with Crippen LogP contribution in [0.5, 0.6) is 5.75 Å². The lowest BCUT2D eigenvalue weighted by molar-refractivity contribution is -0.125. The average Bonchev–Trinajstić information content (AvgIpc) is 2.79. The lowest BCUT2D eigenvalue weighted by Gasteiger charge is -2.33. The number of amides is 2. The van der Waals surface area contributed by atoms with Gasteiger partial charge in [-0.1, -0.05) is 0 Å². The maximum atomic E-state index is 12.9. The monoisotopic (exact) mass is 424 g/mol. The minimum atomic E-state index is -0.809. The van der Waals surface area contributed by atoms with Crippen LogP contribution in [0.3, 0.4) is 0 Å². The van der Waals surface area contributed by atoms with Gasteiger partial charge in [0.15, 0.2) is 12.4 Å². The molecule has 0 bridgehead atoms. The minimum Gasteiger partial charge on any atom is -0.482 e. The van der Waals surface area contributed by atoms with Crippen LogP contribution in [0.4, 0.5) is 17.2 Å². The van der Waals surface area contributed by atoms with Gasteiger partial charge in [-0.2, -0.15) is 0 Å². The van der Waals surface area contributed by atoms with Crippen molar-refractivity contribution < 1.29 is 23.9 Å². The Morgan fingerprint density at radius 1 is 1.16 bits per heavy atom. The molecule has 0 saturated carbocycles. The van der Waals surface area contributed by atoms with E-state index in [9.17, 15) is 14.4 Å². The van der Waals surface area contributed by atoms with Crippen LogP contribution in [0.25, 0.3) is 0 Å². The zero-order valence-corrected chi connectivity index (χ0v) is 17.5. The summed E-state index contributed by atoms with van der Waals surface area (Å²) >= 11 is 0. The van der Waals surface area contributed by atoms with Gasteiger partial charge < -0.3 is 19.7 Å². The average molecular weight is 424 g/mol. The Bertz CT molecular complexity index is 1000. The molecule has 0 radical (unpaired) electrons. The predicted octanol–water partition coefficient (Wildman–Crippen LogP) is 1.87. The summed E-state index contributed by atoms with van der Waals surface area (Å²) in [7, 11) is 0. The molecule has 1 unspecified atom stereocenters. The molecule has 1 aromatic carbocycles. The van der Waals surface area contributed by atoms with Crippen LogP contribution in [0.15, 0.2) is 36.5 Å². The second-order valence-electron chi connectivity index (χ2n) is 7.46. The number of Topliss-reactive ketones (excluding diaryl/α,β-unsaturated/α-hetero) is 1. The van der Waals surface area contributed by atoms with Crippen molar-refractivity contribution in [1.82, 2.24) is 4.98 Å². The standard InChI is InChI=1S/C22H24N4O5/c1-14(26-18-11-16(15(2)27)3-5-19(18)31-13-21(26)28)22(29)24-17-4-6-20(23-12-17)25-7-9-30-10-8-25/h3-6,11-12,14H,7-10,13H2,1-2H3,(H,24,29). The third-order valence-electron chi connectivity index (χ3n) is 5.36. The lowest BCUT2D eigenvalue weighted by Crippen LogP contribution is -2.49. The second-order valence-corrected chi connectivity index (χ2v) is 7.46. The minimum absolute atomic E-state index is 0.135. The van der Waals surface area contributed by atoms with Crippen LogP contribution in [0, 0.1) is 0 Å². The van der Waals surface area contributed by atoms with Crippen LogP contribution in [-0.2, 0) is 14.3 Å². The van der Waals surface area contributed by atoms with E-state index in [-0.39, 0.29) is 24.2 Å². The summed E-state index contributed by atoms with van der Waals surface area (Å²) in [5, 5.41) is 2.81. The number of aromatic nitrogens is 1. The molecule has 3 heterocycles. The van der Waals surface area contributed by atoms with Gasteiger partial charge in [0.2, 0.25) is 5.91 Å². The smallest absolute Gasteiger partial charge is 0.265 e. The Morgan fingerprint density at radius 2 is 1.94 bits per heavy atom. The number of carbonyl (C=O) groups excluding carboxylic acids is 3. The van der Waals surface area contributed by atoms with E-state index in [4.69, 9.17) is 9.47 Å². The molecule has 1 aromatic heterocycles. The lowest BCUT2D eigenvalue weighted by atomic mass is 10.1. The Labute approximate surface area is 179 Å². The third-order valence-corrected chi connectivity index (χ3v) is 5.36. The number of ketones is 1. The van der Waals surface area contributed by atoms with E-state index in [0.29, 0.717) is 35.9 Å². The number of nitrogens with one attached hydrogen (secondary N) is 1. The van der Waals surface area contributed by atoms with Crippen molar-refractivity contribution in [2.45, 2.75) is 19.9 Å². The normalized spacial score (nSPS) is 16.9. The zero-order chi connectivity index (χ0) is 22.0. The summed E-state index contributed by atoms with van der Waals surface area (Å²) in [6.07, 6.45) is 1.60. The van der Waals surface area contributed by atoms with E-state index < -0.39 is 6.04 Å². The molecule has 0 aliphatic carbocycles. The van der Waals surface area contributed by atoms with Crippen LogP contribution in [-0.4, -0.2) is 61.5 Å². The zero-order valence-electron chi connectivity index (χ0n) is 17.5. The number of hydrogen-bond donors (Lipinski definition) is 1. The fraction of sp³-hybridized carbons (Fsp3) is 0.364. The maximum Gasteiger partial charge on any atom is 0.265 e. The fourth-order valence-electron chi connectivity index (χ4n) is 3.62. The molecule has 4 rings (SSSR count). The number of morpholine rings is 1. The molecular weight excluding hydrogens is 400 g/mol. The van der Waals surface area contributed by atoms with Crippen molar-refractivity contribution >= 4 is 34.8 Å². The summed E-state index contributed by atoms with van der Waals surface area (Å²) < 4.78 is 10.8.